The van der Waals surface area contributed by atoms with Gasteiger partial charge in [0.05, 0.1) is 33.3 Å². The molecule has 0 aliphatic carbocycles. The number of benzene rings is 1. The van der Waals surface area contributed by atoms with Crippen molar-refractivity contribution in [3.63, 3.8) is 0 Å². The predicted molar refractivity (Wildman–Crippen MR) is 90.0 cm³/mol. The quantitative estimate of drug-likeness (QED) is 0.855. The van der Waals surface area contributed by atoms with Gasteiger partial charge in [-0.15, -0.1) is 0 Å². The average molecular weight is 345 g/mol. The first-order valence-corrected chi connectivity index (χ1v) is 7.72. The van der Waals surface area contributed by atoms with Crippen molar-refractivity contribution >= 4 is 5.97 Å². The Morgan fingerprint density at radius 2 is 1.68 bits per heavy atom. The smallest absolute Gasteiger partial charge is 0.312 e. The fourth-order valence-corrected chi connectivity index (χ4v) is 3.10. The van der Waals surface area contributed by atoms with E-state index in [4.69, 9.17) is 18.9 Å². The summed E-state index contributed by atoms with van der Waals surface area (Å²) in [6.45, 7) is 1.73. The Morgan fingerprint density at radius 1 is 1.04 bits per heavy atom. The summed E-state index contributed by atoms with van der Waals surface area (Å²) < 4.78 is 21.3. The monoisotopic (exact) mass is 345 g/mol. The molecule has 1 atom stereocenters. The molecule has 0 unspecified atom stereocenters. The van der Waals surface area contributed by atoms with Crippen LogP contribution in [0.1, 0.15) is 29.2 Å². The van der Waals surface area contributed by atoms with Crippen molar-refractivity contribution in [3.05, 3.63) is 45.4 Å². The number of hydrogen-bond acceptors (Lipinski definition) is 6. The second kappa shape index (κ2) is 6.51. The Hall–Kier alpha value is -2.96. The zero-order valence-corrected chi connectivity index (χ0v) is 14.5. The van der Waals surface area contributed by atoms with E-state index in [2.05, 4.69) is 4.98 Å². The van der Waals surface area contributed by atoms with Gasteiger partial charge in [-0.2, -0.15) is 0 Å². The molecule has 7 nitrogen and oxygen atoms in total. The highest BCUT2D eigenvalue weighted by atomic mass is 16.5. The zero-order valence-electron chi connectivity index (χ0n) is 14.5. The van der Waals surface area contributed by atoms with Gasteiger partial charge in [0.25, 0.3) is 5.56 Å². The third kappa shape index (κ3) is 2.93. The van der Waals surface area contributed by atoms with Gasteiger partial charge in [-0.3, -0.25) is 9.59 Å². The minimum atomic E-state index is -0.464. The van der Waals surface area contributed by atoms with E-state index in [0.717, 1.165) is 0 Å². The maximum atomic E-state index is 12.5. The summed E-state index contributed by atoms with van der Waals surface area (Å²) in [4.78, 5) is 27.3. The predicted octanol–water partition coefficient (Wildman–Crippen LogP) is 2.15. The van der Waals surface area contributed by atoms with E-state index in [1.165, 1.54) is 21.3 Å². The van der Waals surface area contributed by atoms with Crippen LogP contribution in [0.2, 0.25) is 0 Å². The van der Waals surface area contributed by atoms with Gasteiger partial charge in [0.2, 0.25) is 5.75 Å². The Balaban J connectivity index is 2.21. The number of pyridine rings is 1. The van der Waals surface area contributed by atoms with Gasteiger partial charge in [-0.25, -0.2) is 0 Å². The highest BCUT2D eigenvalue weighted by molar-refractivity contribution is 5.77. The molecule has 0 amide bonds. The third-order valence-corrected chi connectivity index (χ3v) is 4.20. The highest BCUT2D eigenvalue weighted by Gasteiger charge is 2.32. The molecule has 132 valence electrons. The molecule has 0 spiro atoms. The van der Waals surface area contributed by atoms with Gasteiger partial charge >= 0.3 is 5.97 Å². The molecule has 2 heterocycles. The van der Waals surface area contributed by atoms with E-state index < -0.39 is 11.9 Å². The molecule has 1 N–H and O–H groups in total. The van der Waals surface area contributed by atoms with Crippen LogP contribution in [-0.2, 0) is 4.79 Å². The Morgan fingerprint density at radius 3 is 2.24 bits per heavy atom. The van der Waals surface area contributed by atoms with Gasteiger partial charge in [0, 0.05) is 17.7 Å². The van der Waals surface area contributed by atoms with Crippen LogP contribution in [-0.4, -0.2) is 32.3 Å². The van der Waals surface area contributed by atoms with E-state index in [-0.39, 0.29) is 17.7 Å². The van der Waals surface area contributed by atoms with Crippen molar-refractivity contribution in [2.24, 2.45) is 0 Å². The molecule has 0 saturated carbocycles. The van der Waals surface area contributed by atoms with Gasteiger partial charge in [-0.05, 0) is 24.6 Å². The number of aryl methyl sites for hydroxylation is 1. The Kier molecular flexibility index (Phi) is 4.39. The zero-order chi connectivity index (χ0) is 18.1. The fourth-order valence-electron chi connectivity index (χ4n) is 3.10. The van der Waals surface area contributed by atoms with E-state index >= 15 is 0 Å². The molecule has 1 aliphatic rings. The van der Waals surface area contributed by atoms with Crippen molar-refractivity contribution in [3.8, 4) is 23.0 Å². The molecule has 3 rings (SSSR count). The van der Waals surface area contributed by atoms with E-state index in [1.54, 1.807) is 25.1 Å². The largest absolute Gasteiger partial charge is 0.493 e. The van der Waals surface area contributed by atoms with E-state index in [1.807, 2.05) is 0 Å². The lowest BCUT2D eigenvalue weighted by molar-refractivity contribution is -0.135. The topological polar surface area (TPSA) is 86.9 Å². The van der Waals surface area contributed by atoms with Crippen LogP contribution in [0.4, 0.5) is 0 Å². The Bertz CT molecular complexity index is 861. The average Bonchev–Trinajstić information content (AvgIpc) is 2.58. The van der Waals surface area contributed by atoms with Crippen LogP contribution in [0.5, 0.6) is 23.0 Å². The first-order chi connectivity index (χ1) is 12.0. The number of aromatic nitrogens is 1. The normalized spacial score (nSPS) is 16.0. The van der Waals surface area contributed by atoms with Gasteiger partial charge in [0.15, 0.2) is 11.5 Å². The van der Waals surface area contributed by atoms with Gasteiger partial charge in [0.1, 0.15) is 5.75 Å². The molecule has 0 radical (unpaired) electrons. The summed E-state index contributed by atoms with van der Waals surface area (Å²) in [7, 11) is 4.54. The maximum absolute atomic E-state index is 12.5. The number of H-pyrrole nitrogens is 1. The lowest BCUT2D eigenvalue weighted by Crippen LogP contribution is -2.28. The minimum absolute atomic E-state index is 0.0534. The van der Waals surface area contributed by atoms with Crippen LogP contribution in [0.3, 0.4) is 0 Å². The molecule has 1 aromatic carbocycles. The van der Waals surface area contributed by atoms with Gasteiger partial charge in [-0.1, -0.05) is 0 Å². The number of carbonyl (C=O) groups is 1. The molecule has 25 heavy (non-hydrogen) atoms. The second-order valence-electron chi connectivity index (χ2n) is 5.75. The van der Waals surface area contributed by atoms with Crippen LogP contribution >= 0.6 is 0 Å². The molecule has 1 aromatic heterocycles. The van der Waals surface area contributed by atoms with Crippen LogP contribution < -0.4 is 24.5 Å². The molecule has 7 heteroatoms. The summed E-state index contributed by atoms with van der Waals surface area (Å²) in [5, 5.41) is 0. The Labute approximate surface area is 144 Å². The first kappa shape index (κ1) is 16.9. The molecular weight excluding hydrogens is 326 g/mol. The molecule has 1 aliphatic heterocycles. The summed E-state index contributed by atoms with van der Waals surface area (Å²) in [5.74, 6) is 0.800. The number of nitrogens with one attached hydrogen (secondary N) is 1. The number of aromatic amines is 1. The molecule has 0 fully saturated rings. The van der Waals surface area contributed by atoms with Crippen molar-refractivity contribution in [1.29, 1.82) is 0 Å². The summed E-state index contributed by atoms with van der Waals surface area (Å²) in [5.41, 5.74) is 1.48. The standard InChI is InChI=1S/C18H19NO6/c1-9-5-12-16(18(21)19-9)11(8-15(20)25-12)10-6-13(22-2)17(24-4)14(7-10)23-3/h5-7,11H,8H2,1-4H3,(H,19,21)/t11-/m0/s1. The molecule has 2 aromatic rings. The number of carbonyl (C=O) groups excluding carboxylic acids is 1. The van der Waals surface area contributed by atoms with Crippen molar-refractivity contribution < 1.29 is 23.7 Å². The van der Waals surface area contributed by atoms with Crippen LogP contribution in [0, 0.1) is 6.92 Å². The second-order valence-corrected chi connectivity index (χ2v) is 5.75. The minimum Gasteiger partial charge on any atom is -0.493 e. The number of hydrogen-bond donors (Lipinski definition) is 1. The van der Waals surface area contributed by atoms with Crippen molar-refractivity contribution in [2.75, 3.05) is 21.3 Å². The number of rotatable bonds is 4. The number of fused-ring (bicyclic) bond motifs is 1. The highest BCUT2D eigenvalue weighted by Crippen LogP contribution is 2.44. The summed E-state index contributed by atoms with van der Waals surface area (Å²) >= 11 is 0. The number of ether oxygens (including phenoxy) is 4. The van der Waals surface area contributed by atoms with Crippen molar-refractivity contribution in [2.45, 2.75) is 19.3 Å². The van der Waals surface area contributed by atoms with Gasteiger partial charge < -0.3 is 23.9 Å². The van der Waals surface area contributed by atoms with Crippen LogP contribution in [0.25, 0.3) is 0 Å². The SMILES string of the molecule is COc1cc([C@@H]2CC(=O)Oc3cc(C)[nH]c(=O)c32)cc(OC)c1OC. The summed E-state index contributed by atoms with van der Waals surface area (Å²) in [6, 6.07) is 5.14. The summed E-state index contributed by atoms with van der Waals surface area (Å²) in [6.07, 6.45) is 0.0534. The molecule has 0 saturated heterocycles. The number of methoxy groups -OCH3 is 3. The van der Waals surface area contributed by atoms with Crippen molar-refractivity contribution in [1.82, 2.24) is 4.98 Å². The third-order valence-electron chi connectivity index (χ3n) is 4.20. The molecular formula is C18H19NO6. The lowest BCUT2D eigenvalue weighted by atomic mass is 9.86. The van der Waals surface area contributed by atoms with Crippen LogP contribution in [0.15, 0.2) is 23.0 Å². The number of esters is 1. The lowest BCUT2D eigenvalue weighted by Gasteiger charge is -2.25. The molecule has 0 bridgehead atoms. The maximum Gasteiger partial charge on any atom is 0.312 e. The first-order valence-electron chi connectivity index (χ1n) is 7.72. The van der Waals surface area contributed by atoms with E-state index in [9.17, 15) is 9.59 Å². The van der Waals surface area contributed by atoms with E-state index in [0.29, 0.717) is 34.1 Å². The fraction of sp³-hybridized carbons (Fsp3) is 0.333.